The van der Waals surface area contributed by atoms with Gasteiger partial charge < -0.3 is 0 Å². The molecule has 2 nitrogen and oxygen atoms in total. The van der Waals surface area contributed by atoms with Crippen molar-refractivity contribution in [2.75, 3.05) is 0 Å². The van der Waals surface area contributed by atoms with E-state index in [1.807, 2.05) is 0 Å². The summed E-state index contributed by atoms with van der Waals surface area (Å²) in [5.41, 5.74) is 3.99. The molecule has 0 radical (unpaired) electrons. The van der Waals surface area contributed by atoms with E-state index in [4.69, 9.17) is 17.4 Å². The number of hydrazine groups is 1. The van der Waals surface area contributed by atoms with E-state index in [2.05, 4.69) is 12.3 Å². The Kier molecular flexibility index (Phi) is 5.82. The first-order chi connectivity index (χ1) is 9.63. The van der Waals surface area contributed by atoms with Crippen LogP contribution in [0.4, 0.5) is 4.39 Å². The second-order valence-electron chi connectivity index (χ2n) is 5.91. The maximum atomic E-state index is 13.2. The van der Waals surface area contributed by atoms with Gasteiger partial charge in [0.25, 0.3) is 0 Å². The smallest absolute Gasteiger partial charge is 0.141 e. The van der Waals surface area contributed by atoms with Gasteiger partial charge in [0.2, 0.25) is 0 Å². The third-order valence-corrected chi connectivity index (χ3v) is 4.98. The molecular formula is C16H24ClFN2. The molecular weight excluding hydrogens is 275 g/mol. The molecule has 0 aromatic heterocycles. The molecule has 1 aromatic rings. The molecule has 1 fully saturated rings. The van der Waals surface area contributed by atoms with Crippen LogP contribution < -0.4 is 11.3 Å². The molecule has 0 bridgehead atoms. The van der Waals surface area contributed by atoms with Gasteiger partial charge in [-0.05, 0) is 48.8 Å². The highest BCUT2D eigenvalue weighted by Gasteiger charge is 2.26. The molecule has 0 saturated heterocycles. The lowest BCUT2D eigenvalue weighted by molar-refractivity contribution is 0.217. The van der Waals surface area contributed by atoms with Gasteiger partial charge in [0.15, 0.2) is 0 Å². The van der Waals surface area contributed by atoms with Crippen molar-refractivity contribution in [3.05, 3.63) is 34.6 Å². The van der Waals surface area contributed by atoms with Crippen LogP contribution in [0.5, 0.6) is 0 Å². The molecule has 1 aliphatic rings. The van der Waals surface area contributed by atoms with Gasteiger partial charge in [-0.3, -0.25) is 11.3 Å². The normalized spacial score (nSPS) is 24.6. The molecule has 0 aliphatic heterocycles. The van der Waals surface area contributed by atoms with Crippen molar-refractivity contribution in [2.45, 2.75) is 51.5 Å². The lowest BCUT2D eigenvalue weighted by Crippen LogP contribution is -2.43. The zero-order valence-corrected chi connectivity index (χ0v) is 12.8. The summed E-state index contributed by atoms with van der Waals surface area (Å²) in [7, 11) is 0. The molecule has 1 atom stereocenters. The van der Waals surface area contributed by atoms with E-state index < -0.39 is 0 Å². The zero-order valence-electron chi connectivity index (χ0n) is 12.0. The van der Waals surface area contributed by atoms with Gasteiger partial charge in [-0.2, -0.15) is 0 Å². The molecule has 1 aliphatic carbocycles. The van der Waals surface area contributed by atoms with Crippen LogP contribution in [-0.2, 0) is 6.42 Å². The summed E-state index contributed by atoms with van der Waals surface area (Å²) in [6.07, 6.45) is 7.12. The summed E-state index contributed by atoms with van der Waals surface area (Å²) in [6.45, 7) is 2.27. The van der Waals surface area contributed by atoms with Crippen molar-refractivity contribution < 1.29 is 4.39 Å². The summed E-state index contributed by atoms with van der Waals surface area (Å²) < 4.78 is 13.2. The molecule has 3 N–H and O–H groups in total. The first-order valence-electron chi connectivity index (χ1n) is 7.54. The Morgan fingerprint density at radius 3 is 2.60 bits per heavy atom. The monoisotopic (exact) mass is 298 g/mol. The molecule has 20 heavy (non-hydrogen) atoms. The molecule has 1 aromatic carbocycles. The van der Waals surface area contributed by atoms with E-state index in [0.717, 1.165) is 17.9 Å². The summed E-state index contributed by atoms with van der Waals surface area (Å²) >= 11 is 5.84. The lowest BCUT2D eigenvalue weighted by atomic mass is 9.76. The number of benzene rings is 1. The van der Waals surface area contributed by atoms with Gasteiger partial charge in [-0.1, -0.05) is 43.9 Å². The Bertz CT molecular complexity index is 430. The third-order valence-electron chi connectivity index (χ3n) is 4.69. The van der Waals surface area contributed by atoms with Crippen molar-refractivity contribution >= 4 is 11.6 Å². The van der Waals surface area contributed by atoms with Gasteiger partial charge >= 0.3 is 0 Å². The number of hydrogen-bond acceptors (Lipinski definition) is 2. The molecule has 0 heterocycles. The van der Waals surface area contributed by atoms with Crippen molar-refractivity contribution in [2.24, 2.45) is 17.7 Å². The molecule has 0 spiro atoms. The van der Waals surface area contributed by atoms with E-state index in [-0.39, 0.29) is 16.9 Å². The van der Waals surface area contributed by atoms with Crippen molar-refractivity contribution in [3.63, 3.8) is 0 Å². The van der Waals surface area contributed by atoms with E-state index in [0.29, 0.717) is 5.92 Å². The highest BCUT2D eigenvalue weighted by molar-refractivity contribution is 6.30. The van der Waals surface area contributed by atoms with Crippen molar-refractivity contribution in [3.8, 4) is 0 Å². The minimum absolute atomic E-state index is 0.188. The summed E-state index contributed by atoms with van der Waals surface area (Å²) in [5, 5.41) is 0.188. The Labute approximate surface area is 125 Å². The zero-order chi connectivity index (χ0) is 14.5. The van der Waals surface area contributed by atoms with E-state index in [1.165, 1.54) is 38.2 Å². The van der Waals surface area contributed by atoms with Crippen LogP contribution in [-0.4, -0.2) is 6.04 Å². The Hall–Kier alpha value is -0.640. The van der Waals surface area contributed by atoms with Crippen LogP contribution in [0, 0.1) is 17.7 Å². The Balaban J connectivity index is 1.96. The number of hydrogen-bond donors (Lipinski definition) is 2. The van der Waals surface area contributed by atoms with Gasteiger partial charge in [0, 0.05) is 6.04 Å². The summed E-state index contributed by atoms with van der Waals surface area (Å²) in [5.74, 6) is 6.85. The second-order valence-corrected chi connectivity index (χ2v) is 6.32. The highest BCUT2D eigenvalue weighted by Crippen LogP contribution is 2.33. The maximum absolute atomic E-state index is 13.2. The highest BCUT2D eigenvalue weighted by atomic mass is 35.5. The first kappa shape index (κ1) is 15.7. The average molecular weight is 299 g/mol. The van der Waals surface area contributed by atoms with E-state index >= 15 is 0 Å². The van der Waals surface area contributed by atoms with Crippen LogP contribution in [0.15, 0.2) is 18.2 Å². The standard InChI is InChI=1S/C16H24ClFN2/c1-2-11-3-6-13(7-4-11)16(20-19)10-12-5-8-15(18)14(17)9-12/h5,8-9,11,13,16,20H,2-4,6-7,10,19H2,1H3. The molecule has 2 rings (SSSR count). The quantitative estimate of drug-likeness (QED) is 0.635. The van der Waals surface area contributed by atoms with Crippen molar-refractivity contribution in [1.82, 2.24) is 5.43 Å². The third kappa shape index (κ3) is 3.94. The first-order valence-corrected chi connectivity index (χ1v) is 7.91. The fraction of sp³-hybridized carbons (Fsp3) is 0.625. The average Bonchev–Trinajstić information content (AvgIpc) is 2.48. The second kappa shape index (κ2) is 7.39. The number of halogens is 2. The van der Waals surface area contributed by atoms with E-state index in [9.17, 15) is 4.39 Å². The van der Waals surface area contributed by atoms with Gasteiger partial charge in [0.05, 0.1) is 5.02 Å². The minimum Gasteiger partial charge on any atom is -0.271 e. The molecule has 0 amide bonds. The van der Waals surface area contributed by atoms with Gasteiger partial charge in [0.1, 0.15) is 5.82 Å². The van der Waals surface area contributed by atoms with Gasteiger partial charge in [-0.25, -0.2) is 4.39 Å². The van der Waals surface area contributed by atoms with Crippen LogP contribution in [0.3, 0.4) is 0 Å². The number of rotatable bonds is 5. The van der Waals surface area contributed by atoms with Crippen LogP contribution in [0.1, 0.15) is 44.6 Å². The Morgan fingerprint density at radius 2 is 2.05 bits per heavy atom. The van der Waals surface area contributed by atoms with Crippen LogP contribution >= 0.6 is 11.6 Å². The topological polar surface area (TPSA) is 38.0 Å². The minimum atomic E-state index is -0.365. The fourth-order valence-corrected chi connectivity index (χ4v) is 3.48. The molecule has 4 heteroatoms. The molecule has 1 saturated carbocycles. The predicted octanol–water partition coefficient (Wildman–Crippen LogP) is 4.07. The maximum Gasteiger partial charge on any atom is 0.141 e. The van der Waals surface area contributed by atoms with Crippen LogP contribution in [0.25, 0.3) is 0 Å². The van der Waals surface area contributed by atoms with E-state index in [1.54, 1.807) is 12.1 Å². The number of nitrogens with one attached hydrogen (secondary N) is 1. The predicted molar refractivity (Wildman–Crippen MR) is 82.0 cm³/mol. The fourth-order valence-electron chi connectivity index (χ4n) is 3.28. The lowest BCUT2D eigenvalue weighted by Gasteiger charge is -2.33. The Morgan fingerprint density at radius 1 is 1.35 bits per heavy atom. The summed E-state index contributed by atoms with van der Waals surface area (Å²) in [4.78, 5) is 0. The largest absolute Gasteiger partial charge is 0.271 e. The summed E-state index contributed by atoms with van der Waals surface area (Å²) in [6, 6.07) is 5.18. The molecule has 1 unspecified atom stereocenters. The number of nitrogens with two attached hydrogens (primary N) is 1. The molecule has 112 valence electrons. The van der Waals surface area contributed by atoms with Crippen LogP contribution in [0.2, 0.25) is 5.02 Å². The van der Waals surface area contributed by atoms with Gasteiger partial charge in [-0.15, -0.1) is 0 Å². The van der Waals surface area contributed by atoms with Crippen molar-refractivity contribution in [1.29, 1.82) is 0 Å². The SMILES string of the molecule is CCC1CCC(C(Cc2ccc(F)c(Cl)c2)NN)CC1.